The normalized spacial score (nSPS) is 14.1. The van der Waals surface area contributed by atoms with Gasteiger partial charge in [0.25, 0.3) is 0 Å². The predicted molar refractivity (Wildman–Crippen MR) is 146 cm³/mol. The van der Waals surface area contributed by atoms with E-state index in [2.05, 4.69) is 38.3 Å². The van der Waals surface area contributed by atoms with Gasteiger partial charge in [0, 0.05) is 12.6 Å². The molecule has 1 aromatic rings. The lowest BCUT2D eigenvalue weighted by atomic mass is 9.96. The van der Waals surface area contributed by atoms with Crippen molar-refractivity contribution in [2.75, 3.05) is 6.54 Å². The van der Waals surface area contributed by atoms with Crippen LogP contribution < -0.4 is 10.6 Å². The monoisotopic (exact) mass is 503 g/mol. The molecule has 0 bridgehead atoms. The van der Waals surface area contributed by atoms with Gasteiger partial charge >= 0.3 is 6.09 Å². The van der Waals surface area contributed by atoms with Crippen LogP contribution in [-0.4, -0.2) is 47.0 Å². The van der Waals surface area contributed by atoms with E-state index in [0.29, 0.717) is 12.5 Å². The van der Waals surface area contributed by atoms with Crippen molar-refractivity contribution >= 4 is 17.9 Å². The lowest BCUT2D eigenvalue weighted by Gasteiger charge is -2.38. The van der Waals surface area contributed by atoms with Gasteiger partial charge in [-0.05, 0) is 77.3 Å². The van der Waals surface area contributed by atoms with Crippen molar-refractivity contribution in [2.45, 2.75) is 118 Å². The minimum Gasteiger partial charge on any atom is -0.444 e. The Labute approximate surface area is 218 Å². The fraction of sp³-hybridized carbons (Fsp3) is 0.690. The lowest BCUT2D eigenvalue weighted by molar-refractivity contribution is -0.144. The number of hydrogen-bond donors (Lipinski definition) is 2. The number of carbonyl (C=O) groups excluding carboxylic acids is 3. The van der Waals surface area contributed by atoms with Gasteiger partial charge < -0.3 is 20.3 Å². The molecule has 0 spiro atoms. The summed E-state index contributed by atoms with van der Waals surface area (Å²) in [5.74, 6) is -0.0587. The fourth-order valence-electron chi connectivity index (χ4n) is 3.94. The Morgan fingerprint density at radius 2 is 1.58 bits per heavy atom. The first-order valence-electron chi connectivity index (χ1n) is 13.5. The zero-order chi connectivity index (χ0) is 27.5. The van der Waals surface area contributed by atoms with Crippen LogP contribution in [-0.2, 0) is 20.7 Å². The fourth-order valence-corrected chi connectivity index (χ4v) is 3.94. The van der Waals surface area contributed by atoms with Gasteiger partial charge in [0.2, 0.25) is 11.8 Å². The van der Waals surface area contributed by atoms with E-state index in [1.807, 2.05) is 31.2 Å². The number of amides is 3. The molecule has 0 aromatic heterocycles. The molecule has 0 heterocycles. The first-order chi connectivity index (χ1) is 16.8. The minimum atomic E-state index is -0.859. The second-order valence-corrected chi connectivity index (χ2v) is 11.1. The summed E-state index contributed by atoms with van der Waals surface area (Å²) in [5, 5.41) is 5.70. The Morgan fingerprint density at radius 1 is 0.972 bits per heavy atom. The SMILES string of the molecule is CCCCNC(=O)C(c1ccc(CC)cc1)N(C(=O)C(C)NC(=O)OC(C)(C)C)C(C)CCC(C)C. The van der Waals surface area contributed by atoms with Gasteiger partial charge in [-0.15, -0.1) is 0 Å². The van der Waals surface area contributed by atoms with Crippen LogP contribution in [0.15, 0.2) is 24.3 Å². The van der Waals surface area contributed by atoms with Crippen LogP contribution in [0.5, 0.6) is 0 Å². The molecule has 0 aliphatic rings. The zero-order valence-electron chi connectivity index (χ0n) is 23.9. The number of carbonyl (C=O) groups is 3. The molecule has 7 nitrogen and oxygen atoms in total. The molecule has 0 saturated carbocycles. The van der Waals surface area contributed by atoms with Crippen LogP contribution in [0.3, 0.4) is 0 Å². The highest BCUT2D eigenvalue weighted by atomic mass is 16.6. The highest BCUT2D eigenvalue weighted by Crippen LogP contribution is 2.28. The van der Waals surface area contributed by atoms with E-state index < -0.39 is 23.8 Å². The molecule has 0 radical (unpaired) electrons. The number of benzene rings is 1. The first kappa shape index (κ1) is 31.5. The molecular weight excluding hydrogens is 454 g/mol. The summed E-state index contributed by atoms with van der Waals surface area (Å²) in [6.45, 7) is 17.9. The van der Waals surface area contributed by atoms with Gasteiger partial charge in [0.1, 0.15) is 17.7 Å². The van der Waals surface area contributed by atoms with E-state index in [4.69, 9.17) is 4.74 Å². The standard InChI is InChI=1S/C29H49N3O4/c1-10-12-19-30-26(33)25(24-17-15-23(11-2)16-18-24)32(21(5)14-13-20(3)4)27(34)22(6)31-28(35)36-29(7,8)9/h15-18,20-22,25H,10-14,19H2,1-9H3,(H,30,33)(H,31,35). The molecule has 7 heteroatoms. The lowest BCUT2D eigenvalue weighted by Crippen LogP contribution is -2.54. The summed E-state index contributed by atoms with van der Waals surface area (Å²) in [4.78, 5) is 41.5. The zero-order valence-corrected chi connectivity index (χ0v) is 23.9. The maximum Gasteiger partial charge on any atom is 0.408 e. The molecule has 204 valence electrons. The number of nitrogens with zero attached hydrogens (tertiary/aromatic N) is 1. The van der Waals surface area contributed by atoms with Gasteiger partial charge in [0.05, 0.1) is 0 Å². The Balaban J connectivity index is 3.40. The average Bonchev–Trinajstić information content (AvgIpc) is 2.79. The second kappa shape index (κ2) is 14.9. The van der Waals surface area contributed by atoms with Crippen molar-refractivity contribution in [1.82, 2.24) is 15.5 Å². The van der Waals surface area contributed by atoms with Crippen LogP contribution >= 0.6 is 0 Å². The molecule has 2 N–H and O–H groups in total. The van der Waals surface area contributed by atoms with Gasteiger partial charge in [-0.2, -0.15) is 0 Å². The number of hydrogen-bond acceptors (Lipinski definition) is 4. The van der Waals surface area contributed by atoms with Crippen molar-refractivity contribution in [1.29, 1.82) is 0 Å². The molecule has 3 amide bonds. The Kier molecular flexibility index (Phi) is 13.0. The van der Waals surface area contributed by atoms with E-state index in [1.165, 1.54) is 0 Å². The first-order valence-corrected chi connectivity index (χ1v) is 13.5. The third kappa shape index (κ3) is 10.6. The predicted octanol–water partition coefficient (Wildman–Crippen LogP) is 5.77. The summed E-state index contributed by atoms with van der Waals surface area (Å²) in [6, 6.07) is 6.01. The largest absolute Gasteiger partial charge is 0.444 e. The van der Waals surface area contributed by atoms with Crippen LogP contribution in [0.2, 0.25) is 0 Å². The summed E-state index contributed by atoms with van der Waals surface area (Å²) in [7, 11) is 0. The van der Waals surface area contributed by atoms with Crippen LogP contribution in [0, 0.1) is 5.92 Å². The van der Waals surface area contributed by atoms with Crippen molar-refractivity contribution in [2.24, 2.45) is 5.92 Å². The maximum atomic E-state index is 13.9. The third-order valence-electron chi connectivity index (χ3n) is 6.05. The number of nitrogens with one attached hydrogen (secondary N) is 2. The van der Waals surface area contributed by atoms with Crippen molar-refractivity contribution in [3.8, 4) is 0 Å². The van der Waals surface area contributed by atoms with E-state index in [1.54, 1.807) is 32.6 Å². The van der Waals surface area contributed by atoms with E-state index >= 15 is 0 Å². The third-order valence-corrected chi connectivity index (χ3v) is 6.05. The molecule has 0 saturated heterocycles. The maximum absolute atomic E-state index is 13.9. The van der Waals surface area contributed by atoms with Crippen molar-refractivity contribution in [3.05, 3.63) is 35.4 Å². The molecule has 0 fully saturated rings. The smallest absolute Gasteiger partial charge is 0.408 e. The van der Waals surface area contributed by atoms with Crippen molar-refractivity contribution < 1.29 is 19.1 Å². The topological polar surface area (TPSA) is 87.7 Å². The average molecular weight is 504 g/mol. The number of ether oxygens (including phenoxy) is 1. The number of aryl methyl sites for hydroxylation is 1. The van der Waals surface area contributed by atoms with E-state index in [0.717, 1.165) is 43.2 Å². The molecule has 3 unspecified atom stereocenters. The number of unbranched alkanes of at least 4 members (excludes halogenated alkanes) is 1. The van der Waals surface area contributed by atoms with Crippen LogP contribution in [0.1, 0.15) is 105 Å². The highest BCUT2D eigenvalue weighted by Gasteiger charge is 2.37. The highest BCUT2D eigenvalue weighted by molar-refractivity contribution is 5.92. The van der Waals surface area contributed by atoms with Gasteiger partial charge in [-0.1, -0.05) is 58.4 Å². The Morgan fingerprint density at radius 3 is 2.08 bits per heavy atom. The Hall–Kier alpha value is -2.57. The second-order valence-electron chi connectivity index (χ2n) is 11.1. The Bertz CT molecular complexity index is 830. The van der Waals surface area contributed by atoms with E-state index in [-0.39, 0.29) is 17.9 Å². The molecule has 0 aliphatic carbocycles. The van der Waals surface area contributed by atoms with Gasteiger partial charge in [-0.25, -0.2) is 4.79 Å². The molecule has 36 heavy (non-hydrogen) atoms. The molecule has 3 atom stereocenters. The van der Waals surface area contributed by atoms with Crippen LogP contribution in [0.4, 0.5) is 4.79 Å². The molecule has 1 aromatic carbocycles. The number of rotatable bonds is 13. The molecule has 1 rings (SSSR count). The summed E-state index contributed by atoms with van der Waals surface area (Å²) >= 11 is 0. The summed E-state index contributed by atoms with van der Waals surface area (Å²) in [6.07, 6.45) is 3.71. The quantitative estimate of drug-likeness (QED) is 0.334. The van der Waals surface area contributed by atoms with Crippen LogP contribution in [0.25, 0.3) is 0 Å². The van der Waals surface area contributed by atoms with E-state index in [9.17, 15) is 14.4 Å². The van der Waals surface area contributed by atoms with Crippen molar-refractivity contribution in [3.63, 3.8) is 0 Å². The van der Waals surface area contributed by atoms with Gasteiger partial charge in [-0.3, -0.25) is 9.59 Å². The number of alkyl carbamates (subject to hydrolysis) is 1. The summed E-state index contributed by atoms with van der Waals surface area (Å²) in [5.41, 5.74) is 1.24. The van der Waals surface area contributed by atoms with Gasteiger partial charge in [0.15, 0.2) is 0 Å². The molecule has 0 aliphatic heterocycles. The summed E-state index contributed by atoms with van der Waals surface area (Å²) < 4.78 is 5.36. The molecular formula is C29H49N3O4. The minimum absolute atomic E-state index is 0.207.